The average molecular weight is 241 g/mol. The number of carbonyl (C=O) groups is 1. The zero-order valence-electron chi connectivity index (χ0n) is 11.6. The molecule has 0 saturated carbocycles. The molecule has 0 aromatic rings. The average Bonchev–Trinajstić information content (AvgIpc) is 2.28. The van der Waals surface area contributed by atoms with E-state index in [0.717, 1.165) is 18.7 Å². The SMILES string of the molecule is CCCCCCCCN/C(C)=C/C(=O)OCC. The molecule has 0 fully saturated rings. The molecule has 0 aliphatic carbocycles. The summed E-state index contributed by atoms with van der Waals surface area (Å²) in [6.07, 6.45) is 9.23. The van der Waals surface area contributed by atoms with Gasteiger partial charge in [-0.25, -0.2) is 4.79 Å². The Bertz CT molecular complexity index is 224. The van der Waals surface area contributed by atoms with Gasteiger partial charge in [0.15, 0.2) is 0 Å². The van der Waals surface area contributed by atoms with Crippen molar-refractivity contribution in [3.05, 3.63) is 11.8 Å². The van der Waals surface area contributed by atoms with Crippen LogP contribution in [0.3, 0.4) is 0 Å². The Hall–Kier alpha value is -0.990. The normalized spacial score (nSPS) is 11.4. The minimum absolute atomic E-state index is 0.263. The number of rotatable bonds is 10. The summed E-state index contributed by atoms with van der Waals surface area (Å²) in [5.41, 5.74) is 0.886. The first-order valence-electron chi connectivity index (χ1n) is 6.79. The quantitative estimate of drug-likeness (QED) is 0.362. The largest absolute Gasteiger partial charge is 0.463 e. The smallest absolute Gasteiger partial charge is 0.332 e. The summed E-state index contributed by atoms with van der Waals surface area (Å²) < 4.78 is 4.83. The van der Waals surface area contributed by atoms with Crippen LogP contribution >= 0.6 is 0 Å². The molecule has 3 heteroatoms. The lowest BCUT2D eigenvalue weighted by Gasteiger charge is -2.06. The monoisotopic (exact) mass is 241 g/mol. The first kappa shape index (κ1) is 16.0. The van der Waals surface area contributed by atoms with Gasteiger partial charge in [0.25, 0.3) is 0 Å². The van der Waals surface area contributed by atoms with E-state index in [1.54, 1.807) is 0 Å². The highest BCUT2D eigenvalue weighted by atomic mass is 16.5. The standard InChI is InChI=1S/C14H27NO2/c1-4-6-7-8-9-10-11-15-13(3)12-14(16)17-5-2/h12,15H,4-11H2,1-3H3/b13-12+. The maximum absolute atomic E-state index is 11.1. The van der Waals surface area contributed by atoms with Gasteiger partial charge < -0.3 is 10.1 Å². The van der Waals surface area contributed by atoms with Gasteiger partial charge in [0, 0.05) is 18.3 Å². The van der Waals surface area contributed by atoms with E-state index in [4.69, 9.17) is 4.74 Å². The van der Waals surface area contributed by atoms with Crippen LogP contribution in [0.25, 0.3) is 0 Å². The number of allylic oxidation sites excluding steroid dienone is 1. The van der Waals surface area contributed by atoms with Crippen molar-refractivity contribution in [1.82, 2.24) is 5.32 Å². The molecule has 17 heavy (non-hydrogen) atoms. The van der Waals surface area contributed by atoms with Crippen LogP contribution in [0.4, 0.5) is 0 Å². The Balaban J connectivity index is 3.44. The fourth-order valence-electron chi connectivity index (χ4n) is 1.60. The van der Waals surface area contributed by atoms with Gasteiger partial charge in [-0.1, -0.05) is 39.0 Å². The summed E-state index contributed by atoms with van der Waals surface area (Å²) in [4.78, 5) is 11.1. The van der Waals surface area contributed by atoms with Crippen molar-refractivity contribution in [2.75, 3.05) is 13.2 Å². The molecule has 0 rings (SSSR count). The van der Waals surface area contributed by atoms with Crippen LogP contribution < -0.4 is 5.32 Å². The van der Waals surface area contributed by atoms with Gasteiger partial charge in [-0.15, -0.1) is 0 Å². The molecule has 0 aromatic carbocycles. The van der Waals surface area contributed by atoms with Crippen LogP contribution in [0.2, 0.25) is 0 Å². The molecule has 0 saturated heterocycles. The Morgan fingerprint density at radius 1 is 1.12 bits per heavy atom. The Morgan fingerprint density at radius 2 is 1.76 bits per heavy atom. The van der Waals surface area contributed by atoms with E-state index < -0.39 is 0 Å². The second-order valence-electron chi connectivity index (χ2n) is 4.27. The maximum atomic E-state index is 11.1. The third-order valence-corrected chi connectivity index (χ3v) is 2.56. The van der Waals surface area contributed by atoms with Gasteiger partial charge in [0.2, 0.25) is 0 Å². The van der Waals surface area contributed by atoms with Gasteiger partial charge >= 0.3 is 5.97 Å². The van der Waals surface area contributed by atoms with E-state index in [0.29, 0.717) is 6.61 Å². The van der Waals surface area contributed by atoms with E-state index in [9.17, 15) is 4.79 Å². The lowest BCUT2D eigenvalue weighted by molar-refractivity contribution is -0.137. The summed E-state index contributed by atoms with van der Waals surface area (Å²) in [5, 5.41) is 3.22. The van der Waals surface area contributed by atoms with Gasteiger partial charge in [0.1, 0.15) is 0 Å². The molecule has 1 N–H and O–H groups in total. The summed E-state index contributed by atoms with van der Waals surface area (Å²) in [7, 11) is 0. The lowest BCUT2D eigenvalue weighted by Crippen LogP contribution is -2.14. The van der Waals surface area contributed by atoms with Crippen molar-refractivity contribution in [2.24, 2.45) is 0 Å². The topological polar surface area (TPSA) is 38.3 Å². The van der Waals surface area contributed by atoms with E-state index >= 15 is 0 Å². The number of hydrogen-bond donors (Lipinski definition) is 1. The van der Waals surface area contributed by atoms with Crippen LogP contribution in [-0.4, -0.2) is 19.1 Å². The van der Waals surface area contributed by atoms with Crippen molar-refractivity contribution in [3.63, 3.8) is 0 Å². The molecule has 3 nitrogen and oxygen atoms in total. The number of ether oxygens (including phenoxy) is 1. The van der Waals surface area contributed by atoms with Crippen molar-refractivity contribution in [2.45, 2.75) is 59.3 Å². The number of hydrogen-bond acceptors (Lipinski definition) is 3. The van der Waals surface area contributed by atoms with Gasteiger partial charge in [-0.3, -0.25) is 0 Å². The molecule has 0 heterocycles. The van der Waals surface area contributed by atoms with Crippen LogP contribution in [0.5, 0.6) is 0 Å². The maximum Gasteiger partial charge on any atom is 0.332 e. The Morgan fingerprint density at radius 3 is 2.41 bits per heavy atom. The van der Waals surface area contributed by atoms with Gasteiger partial charge in [-0.05, 0) is 20.3 Å². The highest BCUT2D eigenvalue weighted by molar-refractivity contribution is 5.82. The zero-order chi connectivity index (χ0) is 12.9. The first-order valence-corrected chi connectivity index (χ1v) is 6.79. The summed E-state index contributed by atoms with van der Waals surface area (Å²) in [6.45, 7) is 7.30. The molecule has 0 atom stereocenters. The molecule has 0 aliphatic rings. The highest BCUT2D eigenvalue weighted by Crippen LogP contribution is 2.04. The minimum Gasteiger partial charge on any atom is -0.463 e. The number of esters is 1. The summed E-state index contributed by atoms with van der Waals surface area (Å²) in [6, 6.07) is 0. The van der Waals surface area contributed by atoms with Crippen LogP contribution in [-0.2, 0) is 9.53 Å². The van der Waals surface area contributed by atoms with Gasteiger partial charge in [0.05, 0.1) is 6.61 Å². The zero-order valence-corrected chi connectivity index (χ0v) is 11.6. The Kier molecular flexibility index (Phi) is 10.8. The Labute approximate surface area is 106 Å². The summed E-state index contributed by atoms with van der Waals surface area (Å²) in [5.74, 6) is -0.263. The predicted molar refractivity (Wildman–Crippen MR) is 71.8 cm³/mol. The van der Waals surface area contributed by atoms with Crippen molar-refractivity contribution < 1.29 is 9.53 Å². The van der Waals surface area contributed by atoms with Crippen molar-refractivity contribution >= 4 is 5.97 Å². The van der Waals surface area contributed by atoms with Crippen molar-refractivity contribution in [1.29, 1.82) is 0 Å². The number of carbonyl (C=O) groups excluding carboxylic acids is 1. The molecule has 100 valence electrons. The number of unbranched alkanes of at least 4 members (excludes halogenated alkanes) is 5. The predicted octanol–water partition coefficient (Wildman–Crippen LogP) is 3.40. The molecule has 0 aromatic heterocycles. The highest BCUT2D eigenvalue weighted by Gasteiger charge is 1.97. The van der Waals surface area contributed by atoms with Crippen LogP contribution in [0.1, 0.15) is 59.3 Å². The molecule has 0 spiro atoms. The fraction of sp³-hybridized carbons (Fsp3) is 0.786. The van der Waals surface area contributed by atoms with Crippen LogP contribution in [0, 0.1) is 0 Å². The summed E-state index contributed by atoms with van der Waals surface area (Å²) >= 11 is 0. The van der Waals surface area contributed by atoms with Gasteiger partial charge in [-0.2, -0.15) is 0 Å². The first-order chi connectivity index (χ1) is 8.20. The van der Waals surface area contributed by atoms with E-state index in [2.05, 4.69) is 12.2 Å². The molecular weight excluding hydrogens is 214 g/mol. The third-order valence-electron chi connectivity index (χ3n) is 2.56. The molecule has 0 bridgehead atoms. The fourth-order valence-corrected chi connectivity index (χ4v) is 1.60. The van der Waals surface area contributed by atoms with E-state index in [-0.39, 0.29) is 5.97 Å². The molecule has 0 radical (unpaired) electrons. The lowest BCUT2D eigenvalue weighted by atomic mass is 10.1. The molecule has 0 aliphatic heterocycles. The molecule has 0 amide bonds. The second-order valence-corrected chi connectivity index (χ2v) is 4.27. The minimum atomic E-state index is -0.263. The molecule has 0 unspecified atom stereocenters. The van der Waals surface area contributed by atoms with Crippen LogP contribution in [0.15, 0.2) is 11.8 Å². The molecular formula is C14H27NO2. The van der Waals surface area contributed by atoms with E-state index in [1.165, 1.54) is 38.2 Å². The van der Waals surface area contributed by atoms with E-state index in [1.807, 2.05) is 13.8 Å². The number of nitrogens with one attached hydrogen (secondary N) is 1. The second kappa shape index (κ2) is 11.5. The third kappa shape index (κ3) is 11.3. The van der Waals surface area contributed by atoms with Crippen molar-refractivity contribution in [3.8, 4) is 0 Å².